The molecule has 0 aromatic heterocycles. The SMILES string of the molecule is CC[C@H](Oc1ccc2ccccc2c1)C(=O)N[C@@H](C)c1ccc(S(C)(=O)=O)cc1. The number of benzene rings is 3. The first-order valence-electron chi connectivity index (χ1n) is 9.54. The second-order valence-electron chi connectivity index (χ2n) is 7.10. The van der Waals surface area contributed by atoms with Crippen LogP contribution in [0, 0.1) is 0 Å². The maximum Gasteiger partial charge on any atom is 0.261 e. The normalized spacial score (nSPS) is 13.6. The van der Waals surface area contributed by atoms with E-state index in [1.165, 1.54) is 6.26 Å². The Labute approximate surface area is 171 Å². The fourth-order valence-corrected chi connectivity index (χ4v) is 3.75. The van der Waals surface area contributed by atoms with E-state index in [-0.39, 0.29) is 16.8 Å². The quantitative estimate of drug-likeness (QED) is 0.630. The molecule has 1 amide bonds. The van der Waals surface area contributed by atoms with Crippen LogP contribution in [-0.2, 0) is 14.6 Å². The van der Waals surface area contributed by atoms with Gasteiger partial charge >= 0.3 is 0 Å². The van der Waals surface area contributed by atoms with Crippen LogP contribution in [0.5, 0.6) is 5.75 Å². The Morgan fingerprint density at radius 1 is 1.00 bits per heavy atom. The van der Waals surface area contributed by atoms with Crippen LogP contribution >= 0.6 is 0 Å². The highest BCUT2D eigenvalue weighted by Crippen LogP contribution is 2.22. The van der Waals surface area contributed by atoms with E-state index in [0.717, 1.165) is 16.3 Å². The Hall–Kier alpha value is -2.86. The molecular weight excluding hydrogens is 386 g/mol. The molecule has 6 heteroatoms. The van der Waals surface area contributed by atoms with Crippen LogP contribution in [0.1, 0.15) is 31.9 Å². The molecule has 3 aromatic carbocycles. The number of hydrogen-bond donors (Lipinski definition) is 1. The molecule has 0 aliphatic heterocycles. The van der Waals surface area contributed by atoms with Gasteiger partial charge in [-0.3, -0.25) is 4.79 Å². The van der Waals surface area contributed by atoms with Gasteiger partial charge < -0.3 is 10.1 Å². The molecule has 29 heavy (non-hydrogen) atoms. The molecule has 0 bridgehead atoms. The topological polar surface area (TPSA) is 72.5 Å². The third-order valence-corrected chi connectivity index (χ3v) is 5.96. The lowest BCUT2D eigenvalue weighted by molar-refractivity contribution is -0.128. The molecule has 5 nitrogen and oxygen atoms in total. The van der Waals surface area contributed by atoms with E-state index in [2.05, 4.69) is 5.32 Å². The van der Waals surface area contributed by atoms with Crippen LogP contribution in [0.3, 0.4) is 0 Å². The Balaban J connectivity index is 1.68. The van der Waals surface area contributed by atoms with E-state index in [4.69, 9.17) is 4.74 Å². The van der Waals surface area contributed by atoms with E-state index in [0.29, 0.717) is 12.2 Å². The van der Waals surface area contributed by atoms with E-state index in [9.17, 15) is 13.2 Å². The minimum Gasteiger partial charge on any atom is -0.481 e. The predicted octanol–water partition coefficient (Wildman–Crippen LogP) is 4.28. The number of carbonyl (C=O) groups excluding carboxylic acids is 1. The van der Waals surface area contributed by atoms with E-state index in [1.54, 1.807) is 24.3 Å². The predicted molar refractivity (Wildman–Crippen MR) is 115 cm³/mol. The molecule has 0 saturated heterocycles. The summed E-state index contributed by atoms with van der Waals surface area (Å²) in [5, 5.41) is 5.12. The van der Waals surface area contributed by atoms with E-state index < -0.39 is 15.9 Å². The maximum absolute atomic E-state index is 12.7. The van der Waals surface area contributed by atoms with Gasteiger partial charge in [-0.05, 0) is 53.9 Å². The standard InChI is InChI=1S/C23H25NO4S/c1-4-22(28-20-12-9-18-7-5-6-8-19(18)15-20)23(25)24-16(2)17-10-13-21(14-11-17)29(3,26)27/h5-16,22H,4H2,1-3H3,(H,24,25)/t16-,22-/m0/s1. The molecule has 0 aliphatic carbocycles. The molecule has 152 valence electrons. The first-order chi connectivity index (χ1) is 13.8. The summed E-state index contributed by atoms with van der Waals surface area (Å²) >= 11 is 0. The zero-order valence-electron chi connectivity index (χ0n) is 16.8. The summed E-state index contributed by atoms with van der Waals surface area (Å²) < 4.78 is 29.1. The minimum atomic E-state index is -3.24. The molecule has 0 radical (unpaired) electrons. The van der Waals surface area contributed by atoms with Crippen molar-refractivity contribution in [2.24, 2.45) is 0 Å². The zero-order valence-corrected chi connectivity index (χ0v) is 17.6. The van der Waals surface area contributed by atoms with Crippen molar-refractivity contribution >= 4 is 26.5 Å². The summed E-state index contributed by atoms with van der Waals surface area (Å²) in [4.78, 5) is 13.0. The largest absolute Gasteiger partial charge is 0.481 e. The third kappa shape index (κ3) is 5.15. The van der Waals surface area contributed by atoms with Gasteiger partial charge in [0, 0.05) is 6.26 Å². The molecular formula is C23H25NO4S. The fraction of sp³-hybridized carbons (Fsp3) is 0.261. The number of ether oxygens (including phenoxy) is 1. The maximum atomic E-state index is 12.7. The molecule has 0 saturated carbocycles. The molecule has 3 aromatic rings. The fourth-order valence-electron chi connectivity index (χ4n) is 3.12. The summed E-state index contributed by atoms with van der Waals surface area (Å²) in [7, 11) is -3.24. The summed E-state index contributed by atoms with van der Waals surface area (Å²) in [5.41, 5.74) is 0.825. The smallest absolute Gasteiger partial charge is 0.261 e. The average molecular weight is 412 g/mol. The van der Waals surface area contributed by atoms with E-state index in [1.807, 2.05) is 56.3 Å². The average Bonchev–Trinajstić information content (AvgIpc) is 2.71. The van der Waals surface area contributed by atoms with Crippen LogP contribution in [0.25, 0.3) is 10.8 Å². The lowest BCUT2D eigenvalue weighted by Gasteiger charge is -2.21. The van der Waals surface area contributed by atoms with Gasteiger partial charge in [-0.1, -0.05) is 49.4 Å². The van der Waals surface area contributed by atoms with Gasteiger partial charge in [0.15, 0.2) is 15.9 Å². The first kappa shape index (κ1) is 20.9. The minimum absolute atomic E-state index is 0.208. The Morgan fingerprint density at radius 3 is 2.28 bits per heavy atom. The lowest BCUT2D eigenvalue weighted by Crippen LogP contribution is -2.39. The number of carbonyl (C=O) groups is 1. The summed E-state index contributed by atoms with van der Waals surface area (Å²) in [6, 6.07) is 20.0. The van der Waals surface area contributed by atoms with Gasteiger partial charge in [0.25, 0.3) is 5.91 Å². The highest BCUT2D eigenvalue weighted by molar-refractivity contribution is 7.90. The van der Waals surface area contributed by atoms with Gasteiger partial charge in [0.2, 0.25) is 0 Å². The van der Waals surface area contributed by atoms with Crippen molar-refractivity contribution in [2.45, 2.75) is 37.3 Å². The molecule has 2 atom stereocenters. The van der Waals surface area contributed by atoms with Gasteiger partial charge in [-0.25, -0.2) is 8.42 Å². The Bertz CT molecular complexity index is 1110. The van der Waals surface area contributed by atoms with Gasteiger partial charge in [-0.2, -0.15) is 0 Å². The lowest BCUT2D eigenvalue weighted by atomic mass is 10.1. The van der Waals surface area contributed by atoms with Crippen LogP contribution in [0.4, 0.5) is 0 Å². The summed E-state index contributed by atoms with van der Waals surface area (Å²) in [6.07, 6.45) is 1.08. The molecule has 0 fully saturated rings. The second kappa shape index (κ2) is 8.66. The Kier molecular flexibility index (Phi) is 6.23. The van der Waals surface area contributed by atoms with Crippen LogP contribution in [0.2, 0.25) is 0 Å². The van der Waals surface area contributed by atoms with Crippen molar-refractivity contribution < 1.29 is 17.9 Å². The molecule has 0 unspecified atom stereocenters. The second-order valence-corrected chi connectivity index (χ2v) is 9.11. The number of amides is 1. The first-order valence-corrected chi connectivity index (χ1v) is 11.4. The van der Waals surface area contributed by atoms with Crippen molar-refractivity contribution in [2.75, 3.05) is 6.26 Å². The molecule has 0 aliphatic rings. The number of fused-ring (bicyclic) bond motifs is 1. The molecule has 1 N–H and O–H groups in total. The van der Waals surface area contributed by atoms with Crippen LogP contribution < -0.4 is 10.1 Å². The van der Waals surface area contributed by atoms with Crippen LogP contribution in [0.15, 0.2) is 71.6 Å². The Morgan fingerprint density at radius 2 is 1.66 bits per heavy atom. The van der Waals surface area contributed by atoms with Crippen LogP contribution in [-0.4, -0.2) is 26.7 Å². The van der Waals surface area contributed by atoms with Crippen molar-refractivity contribution in [1.29, 1.82) is 0 Å². The number of hydrogen-bond acceptors (Lipinski definition) is 4. The van der Waals surface area contributed by atoms with Crippen molar-refractivity contribution in [3.63, 3.8) is 0 Å². The van der Waals surface area contributed by atoms with Gasteiger partial charge in [-0.15, -0.1) is 0 Å². The monoisotopic (exact) mass is 411 g/mol. The van der Waals surface area contributed by atoms with E-state index >= 15 is 0 Å². The zero-order chi connectivity index (χ0) is 21.0. The summed E-state index contributed by atoms with van der Waals surface area (Å²) in [6.45, 7) is 3.76. The highest BCUT2D eigenvalue weighted by atomic mass is 32.2. The molecule has 0 heterocycles. The molecule has 0 spiro atoms. The number of nitrogens with one attached hydrogen (secondary N) is 1. The molecule has 3 rings (SSSR count). The van der Waals surface area contributed by atoms with Gasteiger partial charge in [0.05, 0.1) is 10.9 Å². The third-order valence-electron chi connectivity index (χ3n) is 4.83. The number of sulfone groups is 1. The highest BCUT2D eigenvalue weighted by Gasteiger charge is 2.21. The van der Waals surface area contributed by atoms with Gasteiger partial charge in [0.1, 0.15) is 5.75 Å². The van der Waals surface area contributed by atoms with Crippen molar-refractivity contribution in [3.8, 4) is 5.75 Å². The van der Waals surface area contributed by atoms with Crippen molar-refractivity contribution in [3.05, 3.63) is 72.3 Å². The van der Waals surface area contributed by atoms with Crippen molar-refractivity contribution in [1.82, 2.24) is 5.32 Å². The number of rotatable bonds is 7. The summed E-state index contributed by atoms with van der Waals surface area (Å²) in [5.74, 6) is 0.441.